The van der Waals surface area contributed by atoms with E-state index in [2.05, 4.69) is 53.2 Å². The van der Waals surface area contributed by atoms with Gasteiger partial charge in [0.15, 0.2) is 0 Å². The quantitative estimate of drug-likeness (QED) is 0.812. The summed E-state index contributed by atoms with van der Waals surface area (Å²) in [5, 5.41) is 9.32. The largest absolute Gasteiger partial charge is 0.198 e. The van der Waals surface area contributed by atoms with Gasteiger partial charge in [-0.25, -0.2) is 0 Å². The van der Waals surface area contributed by atoms with Crippen LogP contribution >= 0.6 is 15.9 Å². The van der Waals surface area contributed by atoms with Crippen molar-refractivity contribution in [1.82, 2.24) is 0 Å². The molecule has 0 aliphatic carbocycles. The maximum Gasteiger partial charge on any atom is 0.0753 e. The molecule has 0 N–H and O–H groups in total. The van der Waals surface area contributed by atoms with E-state index in [1.165, 1.54) is 11.1 Å². The molecule has 0 saturated carbocycles. The molecule has 0 saturated heterocycles. The van der Waals surface area contributed by atoms with Crippen LogP contribution in [0.15, 0.2) is 53.0 Å². The number of hydrogen-bond acceptors (Lipinski definition) is 1. The number of benzene rings is 2. The minimum Gasteiger partial charge on any atom is -0.198 e. The van der Waals surface area contributed by atoms with Gasteiger partial charge in [-0.1, -0.05) is 57.9 Å². The van der Waals surface area contributed by atoms with Crippen molar-refractivity contribution in [2.45, 2.75) is 19.3 Å². The van der Waals surface area contributed by atoms with E-state index in [1.54, 1.807) is 0 Å². The third-order valence-corrected chi connectivity index (χ3v) is 3.46. The molecule has 0 aliphatic heterocycles. The van der Waals surface area contributed by atoms with E-state index in [0.717, 1.165) is 16.5 Å². The average molecular weight is 300 g/mol. The van der Waals surface area contributed by atoms with E-state index in [-0.39, 0.29) is 5.92 Å². The second-order valence-corrected chi connectivity index (χ2v) is 5.34. The van der Waals surface area contributed by atoms with Gasteiger partial charge in [-0.15, -0.1) is 0 Å². The molecule has 0 amide bonds. The molecule has 1 unspecified atom stereocenters. The summed E-state index contributed by atoms with van der Waals surface area (Å²) in [6.07, 6.45) is 0.757. The van der Waals surface area contributed by atoms with Crippen molar-refractivity contribution in [3.63, 3.8) is 0 Å². The summed E-state index contributed by atoms with van der Waals surface area (Å²) in [6, 6.07) is 18.7. The van der Waals surface area contributed by atoms with Crippen LogP contribution in [0.3, 0.4) is 0 Å². The van der Waals surface area contributed by atoms with E-state index in [9.17, 15) is 5.26 Å². The van der Waals surface area contributed by atoms with Crippen LogP contribution in [-0.4, -0.2) is 0 Å². The highest BCUT2D eigenvalue weighted by molar-refractivity contribution is 9.10. The van der Waals surface area contributed by atoms with Gasteiger partial charge in [0.1, 0.15) is 0 Å². The predicted molar refractivity (Wildman–Crippen MR) is 77.4 cm³/mol. The minimum atomic E-state index is -0.0924. The SMILES string of the molecule is Cc1ccc(CC(C#N)c2cccc(Br)c2)cc1. The van der Waals surface area contributed by atoms with Crippen LogP contribution in [0, 0.1) is 18.3 Å². The molecule has 1 nitrogen and oxygen atoms in total. The lowest BCUT2D eigenvalue weighted by Gasteiger charge is -2.10. The van der Waals surface area contributed by atoms with Crippen molar-refractivity contribution in [3.05, 3.63) is 69.7 Å². The van der Waals surface area contributed by atoms with Crippen LogP contribution in [-0.2, 0) is 6.42 Å². The monoisotopic (exact) mass is 299 g/mol. The van der Waals surface area contributed by atoms with E-state index < -0.39 is 0 Å². The summed E-state index contributed by atoms with van der Waals surface area (Å²) in [5.41, 5.74) is 3.51. The van der Waals surface area contributed by atoms with Crippen molar-refractivity contribution in [2.24, 2.45) is 0 Å². The zero-order valence-electron chi connectivity index (χ0n) is 10.2. The maximum absolute atomic E-state index is 9.32. The number of aryl methyl sites for hydroxylation is 1. The summed E-state index contributed by atoms with van der Waals surface area (Å²) in [7, 11) is 0. The first-order valence-corrected chi connectivity index (χ1v) is 6.69. The third kappa shape index (κ3) is 3.21. The fourth-order valence-corrected chi connectivity index (χ4v) is 2.34. The van der Waals surface area contributed by atoms with Crippen molar-refractivity contribution in [1.29, 1.82) is 5.26 Å². The van der Waals surface area contributed by atoms with Crippen molar-refractivity contribution in [2.75, 3.05) is 0 Å². The molecule has 0 bridgehead atoms. The van der Waals surface area contributed by atoms with Crippen molar-refractivity contribution >= 4 is 15.9 Å². The lowest BCUT2D eigenvalue weighted by molar-refractivity contribution is 0.848. The topological polar surface area (TPSA) is 23.8 Å². The van der Waals surface area contributed by atoms with Gasteiger partial charge < -0.3 is 0 Å². The Balaban J connectivity index is 2.20. The van der Waals surface area contributed by atoms with Gasteiger partial charge in [0.05, 0.1) is 12.0 Å². The highest BCUT2D eigenvalue weighted by Gasteiger charge is 2.11. The second kappa shape index (κ2) is 5.84. The molecule has 18 heavy (non-hydrogen) atoms. The molecule has 0 fully saturated rings. The Labute approximate surface area is 116 Å². The minimum absolute atomic E-state index is 0.0924. The fraction of sp³-hybridized carbons (Fsp3) is 0.188. The Hall–Kier alpha value is -1.59. The van der Waals surface area contributed by atoms with Gasteiger partial charge in [0, 0.05) is 4.47 Å². The number of halogens is 1. The first-order chi connectivity index (χ1) is 8.69. The number of hydrogen-bond donors (Lipinski definition) is 0. The zero-order valence-corrected chi connectivity index (χ0v) is 11.8. The van der Waals surface area contributed by atoms with Gasteiger partial charge in [-0.2, -0.15) is 5.26 Å². The van der Waals surface area contributed by atoms with Crippen LogP contribution in [0.5, 0.6) is 0 Å². The Bertz CT molecular complexity index is 566. The average Bonchev–Trinajstić information content (AvgIpc) is 2.38. The standard InChI is InChI=1S/C16H14BrN/c1-12-5-7-13(8-6-12)9-15(11-18)14-3-2-4-16(17)10-14/h2-8,10,15H,9H2,1H3. The summed E-state index contributed by atoms with van der Waals surface area (Å²) in [6.45, 7) is 2.07. The molecule has 1 atom stereocenters. The Morgan fingerprint density at radius 1 is 1.17 bits per heavy atom. The van der Waals surface area contributed by atoms with Gasteiger partial charge in [-0.3, -0.25) is 0 Å². The highest BCUT2D eigenvalue weighted by atomic mass is 79.9. The Morgan fingerprint density at radius 3 is 2.50 bits per heavy atom. The second-order valence-electron chi connectivity index (χ2n) is 4.43. The summed E-state index contributed by atoms with van der Waals surface area (Å²) < 4.78 is 1.02. The van der Waals surface area contributed by atoms with Crippen LogP contribution in [0.25, 0.3) is 0 Å². The molecule has 2 rings (SSSR count). The van der Waals surface area contributed by atoms with Crippen molar-refractivity contribution in [3.8, 4) is 6.07 Å². The van der Waals surface area contributed by atoms with Gasteiger partial charge in [0.2, 0.25) is 0 Å². The first-order valence-electron chi connectivity index (χ1n) is 5.89. The number of nitriles is 1. The Kier molecular flexibility index (Phi) is 4.17. The molecule has 0 aliphatic rings. The lowest BCUT2D eigenvalue weighted by atomic mass is 9.93. The molecular formula is C16H14BrN. The predicted octanol–water partition coefficient (Wildman–Crippen LogP) is 4.61. The number of rotatable bonds is 3. The molecule has 2 heteroatoms. The highest BCUT2D eigenvalue weighted by Crippen LogP contribution is 2.23. The van der Waals surface area contributed by atoms with Crippen LogP contribution in [0.2, 0.25) is 0 Å². The first kappa shape index (κ1) is 12.9. The fourth-order valence-electron chi connectivity index (χ4n) is 1.92. The smallest absolute Gasteiger partial charge is 0.0753 e. The molecule has 2 aromatic rings. The number of nitrogens with zero attached hydrogens (tertiary/aromatic N) is 1. The molecular weight excluding hydrogens is 286 g/mol. The molecule has 0 aromatic heterocycles. The molecule has 90 valence electrons. The summed E-state index contributed by atoms with van der Waals surface area (Å²) in [5.74, 6) is -0.0924. The van der Waals surface area contributed by atoms with E-state index in [0.29, 0.717) is 0 Å². The zero-order chi connectivity index (χ0) is 13.0. The molecule has 0 heterocycles. The van der Waals surface area contributed by atoms with Gasteiger partial charge in [0.25, 0.3) is 0 Å². The molecule has 2 aromatic carbocycles. The Morgan fingerprint density at radius 2 is 1.89 bits per heavy atom. The third-order valence-electron chi connectivity index (χ3n) is 2.97. The van der Waals surface area contributed by atoms with Crippen molar-refractivity contribution < 1.29 is 0 Å². The maximum atomic E-state index is 9.32. The van der Waals surface area contributed by atoms with Crippen LogP contribution < -0.4 is 0 Å². The molecule has 0 radical (unpaired) electrons. The van der Waals surface area contributed by atoms with E-state index in [1.807, 2.05) is 24.3 Å². The molecule has 0 spiro atoms. The van der Waals surface area contributed by atoms with Crippen LogP contribution in [0.4, 0.5) is 0 Å². The normalized spacial score (nSPS) is 11.8. The van der Waals surface area contributed by atoms with E-state index in [4.69, 9.17) is 0 Å². The lowest BCUT2D eigenvalue weighted by Crippen LogP contribution is -2.00. The van der Waals surface area contributed by atoms with Gasteiger partial charge in [-0.05, 0) is 36.6 Å². The van der Waals surface area contributed by atoms with E-state index >= 15 is 0 Å². The summed E-state index contributed by atoms with van der Waals surface area (Å²) >= 11 is 3.45. The van der Waals surface area contributed by atoms with Gasteiger partial charge >= 0.3 is 0 Å². The summed E-state index contributed by atoms with van der Waals surface area (Å²) in [4.78, 5) is 0. The van der Waals surface area contributed by atoms with Crippen LogP contribution in [0.1, 0.15) is 22.6 Å².